The van der Waals surface area contributed by atoms with Gasteiger partial charge in [-0.1, -0.05) is 30.3 Å². The van der Waals surface area contributed by atoms with Crippen LogP contribution in [-0.2, 0) is 4.79 Å². The molecule has 1 nitrogen and oxygen atoms in total. The van der Waals surface area contributed by atoms with E-state index in [1.165, 1.54) is 6.08 Å². The molecule has 0 saturated carbocycles. The predicted octanol–water partition coefficient (Wildman–Crippen LogP) is 2.29. The van der Waals surface area contributed by atoms with Crippen molar-refractivity contribution in [1.82, 2.24) is 0 Å². The van der Waals surface area contributed by atoms with Crippen LogP contribution in [0.2, 0.25) is 0 Å². The van der Waals surface area contributed by atoms with E-state index in [1.807, 2.05) is 6.07 Å². The highest BCUT2D eigenvalue weighted by atomic mass is 19.1. The van der Waals surface area contributed by atoms with Gasteiger partial charge in [-0.25, -0.2) is 4.39 Å². The fourth-order valence-electron chi connectivity index (χ4n) is 1.30. The standard InChI is InChI=1S/C10H7FO/c11-10-8-4-2-1-3-7(8)5-6-9(10)12/h1-6,10H/t10-/m0/s1. The fraction of sp³-hybridized carbons (Fsp3) is 0.100. The molecule has 0 spiro atoms. The average molecular weight is 162 g/mol. The van der Waals surface area contributed by atoms with E-state index in [-0.39, 0.29) is 0 Å². The van der Waals surface area contributed by atoms with Crippen molar-refractivity contribution in [2.75, 3.05) is 0 Å². The van der Waals surface area contributed by atoms with Crippen molar-refractivity contribution >= 4 is 11.9 Å². The molecule has 0 aliphatic heterocycles. The van der Waals surface area contributed by atoms with Gasteiger partial charge in [0.05, 0.1) is 0 Å². The van der Waals surface area contributed by atoms with E-state index in [2.05, 4.69) is 0 Å². The molecule has 0 bridgehead atoms. The molecule has 0 saturated heterocycles. The minimum Gasteiger partial charge on any atom is -0.291 e. The monoisotopic (exact) mass is 162 g/mol. The maximum Gasteiger partial charge on any atom is 0.194 e. The van der Waals surface area contributed by atoms with Crippen molar-refractivity contribution in [2.24, 2.45) is 0 Å². The van der Waals surface area contributed by atoms with E-state index in [9.17, 15) is 9.18 Å². The van der Waals surface area contributed by atoms with Crippen molar-refractivity contribution < 1.29 is 9.18 Å². The second kappa shape index (κ2) is 2.55. The lowest BCUT2D eigenvalue weighted by atomic mass is 9.95. The zero-order valence-electron chi connectivity index (χ0n) is 6.33. The van der Waals surface area contributed by atoms with Gasteiger partial charge in [0.15, 0.2) is 12.0 Å². The molecule has 0 amide bonds. The quantitative estimate of drug-likeness (QED) is 0.572. The first kappa shape index (κ1) is 7.22. The summed E-state index contributed by atoms with van der Waals surface area (Å²) in [5.74, 6) is -0.464. The highest BCUT2D eigenvalue weighted by Gasteiger charge is 2.22. The molecular formula is C10H7FO. The van der Waals surface area contributed by atoms with Crippen LogP contribution in [0.25, 0.3) is 6.08 Å². The Balaban J connectivity index is 2.59. The highest BCUT2D eigenvalue weighted by molar-refractivity contribution is 6.00. The molecule has 0 unspecified atom stereocenters. The average Bonchev–Trinajstić information content (AvgIpc) is 2.12. The van der Waals surface area contributed by atoms with Crippen LogP contribution in [0.5, 0.6) is 0 Å². The molecule has 0 heterocycles. The number of carbonyl (C=O) groups excluding carboxylic acids is 1. The van der Waals surface area contributed by atoms with Crippen LogP contribution in [0.3, 0.4) is 0 Å². The summed E-state index contributed by atoms with van der Waals surface area (Å²) in [5, 5.41) is 0. The third-order valence-corrected chi connectivity index (χ3v) is 1.95. The molecular weight excluding hydrogens is 155 g/mol. The van der Waals surface area contributed by atoms with Crippen LogP contribution >= 0.6 is 0 Å². The van der Waals surface area contributed by atoms with Gasteiger partial charge in [-0.15, -0.1) is 0 Å². The first-order chi connectivity index (χ1) is 5.79. The zero-order chi connectivity index (χ0) is 8.55. The lowest BCUT2D eigenvalue weighted by molar-refractivity contribution is -0.119. The largest absolute Gasteiger partial charge is 0.291 e. The number of ketones is 1. The lowest BCUT2D eigenvalue weighted by Gasteiger charge is -2.12. The Hall–Kier alpha value is -1.44. The van der Waals surface area contributed by atoms with Gasteiger partial charge in [-0.2, -0.15) is 0 Å². The third-order valence-electron chi connectivity index (χ3n) is 1.95. The number of hydrogen-bond donors (Lipinski definition) is 0. The van der Waals surface area contributed by atoms with E-state index in [4.69, 9.17) is 0 Å². The zero-order valence-corrected chi connectivity index (χ0v) is 6.33. The van der Waals surface area contributed by atoms with E-state index < -0.39 is 12.0 Å². The summed E-state index contributed by atoms with van der Waals surface area (Å²) in [7, 11) is 0. The van der Waals surface area contributed by atoms with Gasteiger partial charge < -0.3 is 0 Å². The van der Waals surface area contributed by atoms with Gasteiger partial charge in [-0.3, -0.25) is 4.79 Å². The molecule has 0 aromatic heterocycles. The summed E-state index contributed by atoms with van der Waals surface area (Å²) in [4.78, 5) is 10.9. The molecule has 1 aromatic rings. The van der Waals surface area contributed by atoms with E-state index in [0.29, 0.717) is 5.56 Å². The number of alkyl halides is 1. The van der Waals surface area contributed by atoms with Crippen LogP contribution in [0.4, 0.5) is 4.39 Å². The molecule has 60 valence electrons. The van der Waals surface area contributed by atoms with E-state index in [1.54, 1.807) is 24.3 Å². The maximum absolute atomic E-state index is 13.2. The number of halogens is 1. The van der Waals surface area contributed by atoms with E-state index in [0.717, 1.165) is 5.56 Å². The van der Waals surface area contributed by atoms with Crippen LogP contribution in [0.1, 0.15) is 17.3 Å². The van der Waals surface area contributed by atoms with E-state index >= 15 is 0 Å². The van der Waals surface area contributed by atoms with Gasteiger partial charge in [-0.05, 0) is 11.6 Å². The second-order valence-corrected chi connectivity index (χ2v) is 2.73. The van der Waals surface area contributed by atoms with Gasteiger partial charge in [0.2, 0.25) is 0 Å². The van der Waals surface area contributed by atoms with Crippen LogP contribution in [0.15, 0.2) is 30.3 Å². The normalized spacial score (nSPS) is 20.8. The number of fused-ring (bicyclic) bond motifs is 1. The molecule has 1 aromatic carbocycles. The summed E-state index contributed by atoms with van der Waals surface area (Å²) < 4.78 is 13.2. The number of benzene rings is 1. The Labute approximate surface area is 69.5 Å². The van der Waals surface area contributed by atoms with Gasteiger partial charge in [0.25, 0.3) is 0 Å². The number of allylic oxidation sites excluding steroid dienone is 1. The van der Waals surface area contributed by atoms with Gasteiger partial charge in [0.1, 0.15) is 0 Å². The van der Waals surface area contributed by atoms with Gasteiger partial charge in [0, 0.05) is 5.56 Å². The molecule has 1 aliphatic carbocycles. The maximum atomic E-state index is 13.2. The van der Waals surface area contributed by atoms with Crippen molar-refractivity contribution in [3.8, 4) is 0 Å². The van der Waals surface area contributed by atoms with Crippen LogP contribution in [0, 0.1) is 0 Å². The predicted molar refractivity (Wildman–Crippen MR) is 44.3 cm³/mol. The smallest absolute Gasteiger partial charge is 0.194 e. The molecule has 1 atom stereocenters. The molecule has 2 heteroatoms. The Kier molecular flexibility index (Phi) is 1.54. The lowest BCUT2D eigenvalue weighted by Crippen LogP contribution is -2.09. The molecule has 12 heavy (non-hydrogen) atoms. The molecule has 0 N–H and O–H groups in total. The van der Waals surface area contributed by atoms with Crippen molar-refractivity contribution in [1.29, 1.82) is 0 Å². The number of carbonyl (C=O) groups is 1. The minimum atomic E-state index is -1.47. The van der Waals surface area contributed by atoms with Crippen molar-refractivity contribution in [3.05, 3.63) is 41.5 Å². The first-order valence-corrected chi connectivity index (χ1v) is 3.74. The summed E-state index contributed by atoms with van der Waals surface area (Å²) in [6, 6.07) is 7.00. The first-order valence-electron chi connectivity index (χ1n) is 3.74. The number of hydrogen-bond acceptors (Lipinski definition) is 1. The Bertz CT molecular complexity index is 355. The van der Waals surface area contributed by atoms with Crippen molar-refractivity contribution in [3.63, 3.8) is 0 Å². The summed E-state index contributed by atoms with van der Waals surface area (Å²) in [6.07, 6.45) is 1.46. The Morgan fingerprint density at radius 3 is 2.75 bits per heavy atom. The number of rotatable bonds is 0. The van der Waals surface area contributed by atoms with Crippen LogP contribution in [-0.4, -0.2) is 5.78 Å². The second-order valence-electron chi connectivity index (χ2n) is 2.73. The van der Waals surface area contributed by atoms with Crippen molar-refractivity contribution in [2.45, 2.75) is 6.17 Å². The molecule has 0 fully saturated rings. The Morgan fingerprint density at radius 2 is 1.92 bits per heavy atom. The molecule has 2 rings (SSSR count). The summed E-state index contributed by atoms with van der Waals surface area (Å²) >= 11 is 0. The summed E-state index contributed by atoms with van der Waals surface area (Å²) in [6.45, 7) is 0. The third kappa shape index (κ3) is 0.961. The Morgan fingerprint density at radius 1 is 1.17 bits per heavy atom. The molecule has 0 radical (unpaired) electrons. The minimum absolute atomic E-state index is 0.464. The topological polar surface area (TPSA) is 17.1 Å². The highest BCUT2D eigenvalue weighted by Crippen LogP contribution is 2.27. The fourth-order valence-corrected chi connectivity index (χ4v) is 1.30. The summed E-state index contributed by atoms with van der Waals surface area (Å²) in [5.41, 5.74) is 1.27. The van der Waals surface area contributed by atoms with Crippen LogP contribution < -0.4 is 0 Å². The SMILES string of the molecule is O=C1C=Cc2ccccc2[C@@H]1F. The molecule has 1 aliphatic rings. The van der Waals surface area contributed by atoms with Gasteiger partial charge >= 0.3 is 0 Å².